The predicted octanol–water partition coefficient (Wildman–Crippen LogP) is 3.52. The van der Waals surface area contributed by atoms with Gasteiger partial charge in [-0.2, -0.15) is 0 Å². The number of anilines is 2. The third kappa shape index (κ3) is 3.65. The standard InChI is InChI=1S/C23H29N3O3/c1-13-21(25-17-7-9-18(29-3)10-8-17)19-12-16(23(24)28)6-11-20(19)26(14(2)27)22(13)15-4-5-15/h6-15,21-22,25,27H,4-5H2,1-3H3,(H2,24,28)/t13-,14?,21-,22-/m1/s1. The summed E-state index contributed by atoms with van der Waals surface area (Å²) in [5.41, 5.74) is 8.97. The molecule has 1 heterocycles. The van der Waals surface area contributed by atoms with Gasteiger partial charge < -0.3 is 25.8 Å². The van der Waals surface area contributed by atoms with E-state index in [1.807, 2.05) is 43.3 Å². The maximum Gasteiger partial charge on any atom is 0.248 e. The van der Waals surface area contributed by atoms with Gasteiger partial charge in [-0.25, -0.2) is 0 Å². The van der Waals surface area contributed by atoms with Crippen LogP contribution in [0.25, 0.3) is 0 Å². The minimum absolute atomic E-state index is 0.00158. The molecule has 0 radical (unpaired) electrons. The van der Waals surface area contributed by atoms with Crippen molar-refractivity contribution in [2.24, 2.45) is 17.6 Å². The van der Waals surface area contributed by atoms with Crippen LogP contribution in [0.1, 0.15) is 48.7 Å². The number of nitrogens with two attached hydrogens (primary N) is 1. The Labute approximate surface area is 171 Å². The van der Waals surface area contributed by atoms with Gasteiger partial charge >= 0.3 is 0 Å². The fraction of sp³-hybridized carbons (Fsp3) is 0.435. The molecule has 1 amide bonds. The Kier molecular flexibility index (Phi) is 5.13. The highest BCUT2D eigenvalue weighted by molar-refractivity contribution is 5.93. The van der Waals surface area contributed by atoms with Crippen molar-refractivity contribution in [3.63, 3.8) is 0 Å². The van der Waals surface area contributed by atoms with Gasteiger partial charge in [0.25, 0.3) is 0 Å². The van der Waals surface area contributed by atoms with E-state index >= 15 is 0 Å². The highest BCUT2D eigenvalue weighted by Crippen LogP contribution is 2.50. The second kappa shape index (κ2) is 7.59. The van der Waals surface area contributed by atoms with Crippen LogP contribution in [0, 0.1) is 11.8 Å². The first kappa shape index (κ1) is 19.6. The Morgan fingerprint density at radius 1 is 1.24 bits per heavy atom. The number of hydrogen-bond donors (Lipinski definition) is 3. The smallest absolute Gasteiger partial charge is 0.248 e. The Balaban J connectivity index is 1.78. The molecule has 29 heavy (non-hydrogen) atoms. The first-order chi connectivity index (χ1) is 13.9. The quantitative estimate of drug-likeness (QED) is 0.697. The van der Waals surface area contributed by atoms with E-state index in [2.05, 4.69) is 17.1 Å². The van der Waals surface area contributed by atoms with Crippen molar-refractivity contribution in [3.8, 4) is 5.75 Å². The molecule has 4 N–H and O–H groups in total. The van der Waals surface area contributed by atoms with E-state index in [9.17, 15) is 9.90 Å². The number of rotatable bonds is 6. The Morgan fingerprint density at radius 2 is 1.93 bits per heavy atom. The van der Waals surface area contributed by atoms with Crippen LogP contribution >= 0.6 is 0 Å². The number of carbonyl (C=O) groups excluding carboxylic acids is 1. The highest BCUT2D eigenvalue weighted by Gasteiger charge is 2.47. The zero-order valence-electron chi connectivity index (χ0n) is 17.1. The molecule has 6 nitrogen and oxygen atoms in total. The maximum atomic E-state index is 11.8. The van der Waals surface area contributed by atoms with E-state index in [1.165, 1.54) is 12.8 Å². The van der Waals surface area contributed by atoms with Gasteiger partial charge in [-0.05, 0) is 73.7 Å². The van der Waals surface area contributed by atoms with Crippen LogP contribution in [0.5, 0.6) is 5.75 Å². The number of benzene rings is 2. The molecular formula is C23H29N3O3. The summed E-state index contributed by atoms with van der Waals surface area (Å²) in [6, 6.07) is 13.6. The van der Waals surface area contributed by atoms with Gasteiger partial charge in [0.2, 0.25) is 5.91 Å². The number of aliphatic hydroxyl groups excluding tert-OH is 1. The molecule has 2 aromatic carbocycles. The van der Waals surface area contributed by atoms with E-state index in [0.717, 1.165) is 22.7 Å². The minimum Gasteiger partial charge on any atom is -0.497 e. The molecule has 0 bridgehead atoms. The normalized spacial score (nSPS) is 24.6. The van der Waals surface area contributed by atoms with Gasteiger partial charge in [-0.3, -0.25) is 4.79 Å². The van der Waals surface area contributed by atoms with Crippen LogP contribution < -0.4 is 20.7 Å². The largest absolute Gasteiger partial charge is 0.497 e. The molecule has 2 aromatic rings. The number of nitrogens with one attached hydrogen (secondary N) is 1. The Bertz CT molecular complexity index is 893. The van der Waals surface area contributed by atoms with Gasteiger partial charge in [-0.15, -0.1) is 0 Å². The van der Waals surface area contributed by atoms with Gasteiger partial charge in [0.15, 0.2) is 0 Å². The maximum absolute atomic E-state index is 11.8. The van der Waals surface area contributed by atoms with Crippen LogP contribution in [0.4, 0.5) is 11.4 Å². The monoisotopic (exact) mass is 395 g/mol. The number of primary amides is 1. The molecule has 2 aliphatic rings. The number of carbonyl (C=O) groups is 1. The van der Waals surface area contributed by atoms with Crippen LogP contribution in [0.15, 0.2) is 42.5 Å². The van der Waals surface area contributed by atoms with Crippen molar-refractivity contribution in [2.75, 3.05) is 17.3 Å². The lowest BCUT2D eigenvalue weighted by atomic mass is 9.79. The molecule has 0 saturated heterocycles. The molecule has 1 aliphatic heterocycles. The number of ether oxygens (including phenoxy) is 1. The van der Waals surface area contributed by atoms with Crippen molar-refractivity contribution in [3.05, 3.63) is 53.6 Å². The zero-order chi connectivity index (χ0) is 20.7. The molecule has 1 fully saturated rings. The van der Waals surface area contributed by atoms with Gasteiger partial charge in [-0.1, -0.05) is 6.92 Å². The molecule has 1 saturated carbocycles. The van der Waals surface area contributed by atoms with Crippen molar-refractivity contribution >= 4 is 17.3 Å². The Morgan fingerprint density at radius 3 is 2.48 bits per heavy atom. The number of hydrogen-bond acceptors (Lipinski definition) is 5. The first-order valence-corrected chi connectivity index (χ1v) is 10.2. The average Bonchev–Trinajstić information content (AvgIpc) is 3.54. The number of nitrogens with zero attached hydrogens (tertiary/aromatic N) is 1. The van der Waals surface area contributed by atoms with E-state index in [4.69, 9.17) is 10.5 Å². The second-order valence-electron chi connectivity index (χ2n) is 8.21. The lowest BCUT2D eigenvalue weighted by molar-refractivity contribution is 0.1000. The van der Waals surface area contributed by atoms with Crippen LogP contribution in [-0.4, -0.2) is 30.4 Å². The lowest BCUT2D eigenvalue weighted by Crippen LogP contribution is -2.52. The van der Waals surface area contributed by atoms with E-state index in [1.54, 1.807) is 13.2 Å². The lowest BCUT2D eigenvalue weighted by Gasteiger charge is -2.48. The molecule has 4 rings (SSSR count). The SMILES string of the molecule is COc1ccc(N[C@H]2c3cc(C(N)=O)ccc3N(C(C)O)[C@@H](C3CC3)[C@@H]2C)cc1. The summed E-state index contributed by atoms with van der Waals surface area (Å²) in [6.07, 6.45) is 1.76. The first-order valence-electron chi connectivity index (χ1n) is 10.2. The second-order valence-corrected chi connectivity index (χ2v) is 8.21. The summed E-state index contributed by atoms with van der Waals surface area (Å²) >= 11 is 0. The summed E-state index contributed by atoms with van der Waals surface area (Å²) in [5, 5.41) is 14.3. The van der Waals surface area contributed by atoms with E-state index in [0.29, 0.717) is 11.5 Å². The van der Waals surface area contributed by atoms with Crippen LogP contribution in [0.2, 0.25) is 0 Å². The molecule has 0 aromatic heterocycles. The number of amides is 1. The summed E-state index contributed by atoms with van der Waals surface area (Å²) in [6.45, 7) is 4.03. The molecule has 1 unspecified atom stereocenters. The summed E-state index contributed by atoms with van der Waals surface area (Å²) in [7, 11) is 1.65. The third-order valence-corrected chi connectivity index (χ3v) is 6.23. The van der Waals surface area contributed by atoms with Crippen molar-refractivity contribution in [2.45, 2.75) is 45.0 Å². The topological polar surface area (TPSA) is 87.8 Å². The van der Waals surface area contributed by atoms with Gasteiger partial charge in [0.1, 0.15) is 12.0 Å². The molecule has 1 aliphatic carbocycles. The molecule has 154 valence electrons. The van der Waals surface area contributed by atoms with Crippen LogP contribution in [-0.2, 0) is 0 Å². The van der Waals surface area contributed by atoms with Crippen molar-refractivity contribution < 1.29 is 14.6 Å². The van der Waals surface area contributed by atoms with Crippen LogP contribution in [0.3, 0.4) is 0 Å². The number of methoxy groups -OCH3 is 1. The fourth-order valence-electron chi connectivity index (χ4n) is 4.71. The van der Waals surface area contributed by atoms with E-state index < -0.39 is 12.1 Å². The van der Waals surface area contributed by atoms with Crippen molar-refractivity contribution in [1.82, 2.24) is 0 Å². The highest BCUT2D eigenvalue weighted by atomic mass is 16.5. The fourth-order valence-corrected chi connectivity index (χ4v) is 4.71. The third-order valence-electron chi connectivity index (χ3n) is 6.23. The summed E-state index contributed by atoms with van der Waals surface area (Å²) < 4.78 is 5.26. The van der Waals surface area contributed by atoms with Gasteiger partial charge in [0.05, 0.1) is 13.2 Å². The molecule has 0 spiro atoms. The zero-order valence-corrected chi connectivity index (χ0v) is 17.1. The predicted molar refractivity (Wildman–Crippen MR) is 114 cm³/mol. The summed E-state index contributed by atoms with van der Waals surface area (Å²) in [5.74, 6) is 1.16. The minimum atomic E-state index is -0.608. The number of aliphatic hydroxyl groups is 1. The summed E-state index contributed by atoms with van der Waals surface area (Å²) in [4.78, 5) is 13.9. The van der Waals surface area contributed by atoms with Gasteiger partial charge in [0, 0.05) is 28.9 Å². The van der Waals surface area contributed by atoms with E-state index in [-0.39, 0.29) is 18.0 Å². The van der Waals surface area contributed by atoms with Crippen molar-refractivity contribution in [1.29, 1.82) is 0 Å². The average molecular weight is 396 g/mol. The Hall–Kier alpha value is -2.73. The molecule has 4 atom stereocenters. The molecule has 6 heteroatoms. The molecular weight excluding hydrogens is 366 g/mol. The number of fused-ring (bicyclic) bond motifs is 1.